The summed E-state index contributed by atoms with van der Waals surface area (Å²) in [6.45, 7) is 5.88. The van der Waals surface area contributed by atoms with Crippen LogP contribution < -0.4 is 5.32 Å². The SMILES string of the molecule is COCCCNc1ncnc2sc(C)c(C)c12. The highest BCUT2D eigenvalue weighted by Crippen LogP contribution is 2.32. The molecule has 0 amide bonds. The summed E-state index contributed by atoms with van der Waals surface area (Å²) >= 11 is 1.72. The summed E-state index contributed by atoms with van der Waals surface area (Å²) in [4.78, 5) is 11.0. The molecule has 17 heavy (non-hydrogen) atoms. The van der Waals surface area contributed by atoms with Gasteiger partial charge in [-0.25, -0.2) is 9.97 Å². The topological polar surface area (TPSA) is 47.0 Å². The largest absolute Gasteiger partial charge is 0.385 e. The highest BCUT2D eigenvalue weighted by molar-refractivity contribution is 7.18. The Morgan fingerprint density at radius 1 is 1.35 bits per heavy atom. The van der Waals surface area contributed by atoms with Gasteiger partial charge in [0.05, 0.1) is 5.39 Å². The number of nitrogens with zero attached hydrogens (tertiary/aromatic N) is 2. The highest BCUT2D eigenvalue weighted by atomic mass is 32.1. The van der Waals surface area contributed by atoms with Crippen LogP contribution in [0.15, 0.2) is 6.33 Å². The van der Waals surface area contributed by atoms with E-state index in [1.165, 1.54) is 10.4 Å². The van der Waals surface area contributed by atoms with Crippen molar-refractivity contribution in [2.75, 3.05) is 25.6 Å². The number of hydrogen-bond donors (Lipinski definition) is 1. The van der Waals surface area contributed by atoms with E-state index < -0.39 is 0 Å². The minimum atomic E-state index is 0.767. The Bertz CT molecular complexity index is 510. The lowest BCUT2D eigenvalue weighted by molar-refractivity contribution is 0.198. The van der Waals surface area contributed by atoms with Crippen molar-refractivity contribution < 1.29 is 4.74 Å². The molecule has 2 aromatic rings. The molecule has 2 heterocycles. The fraction of sp³-hybridized carbons (Fsp3) is 0.500. The molecule has 4 nitrogen and oxygen atoms in total. The van der Waals surface area contributed by atoms with Crippen LogP contribution in [-0.2, 0) is 4.74 Å². The predicted octanol–water partition coefficient (Wildman–Crippen LogP) is 2.76. The van der Waals surface area contributed by atoms with E-state index in [0.29, 0.717) is 0 Å². The van der Waals surface area contributed by atoms with E-state index in [1.54, 1.807) is 24.8 Å². The third-order valence-electron chi connectivity index (χ3n) is 2.78. The van der Waals surface area contributed by atoms with Crippen LogP contribution in [0.2, 0.25) is 0 Å². The molecule has 0 bridgehead atoms. The Morgan fingerprint density at radius 3 is 2.94 bits per heavy atom. The number of nitrogens with one attached hydrogen (secondary N) is 1. The third-order valence-corrected chi connectivity index (χ3v) is 3.90. The second kappa shape index (κ2) is 5.42. The Hall–Kier alpha value is -1.20. The monoisotopic (exact) mass is 251 g/mol. The van der Waals surface area contributed by atoms with Gasteiger partial charge in [-0.15, -0.1) is 11.3 Å². The Kier molecular flexibility index (Phi) is 3.91. The smallest absolute Gasteiger partial charge is 0.138 e. The van der Waals surface area contributed by atoms with Crippen molar-refractivity contribution in [1.29, 1.82) is 0 Å². The molecule has 2 rings (SSSR count). The normalized spacial score (nSPS) is 11.0. The van der Waals surface area contributed by atoms with Crippen LogP contribution >= 0.6 is 11.3 Å². The van der Waals surface area contributed by atoms with Crippen molar-refractivity contribution in [2.45, 2.75) is 20.3 Å². The molecule has 0 saturated carbocycles. The van der Waals surface area contributed by atoms with Gasteiger partial charge in [0.2, 0.25) is 0 Å². The zero-order valence-corrected chi connectivity index (χ0v) is 11.2. The van der Waals surface area contributed by atoms with E-state index in [2.05, 4.69) is 29.1 Å². The maximum absolute atomic E-state index is 5.02. The second-order valence-electron chi connectivity index (χ2n) is 3.96. The Morgan fingerprint density at radius 2 is 2.18 bits per heavy atom. The molecule has 2 aromatic heterocycles. The van der Waals surface area contributed by atoms with Crippen LogP contribution in [0.4, 0.5) is 5.82 Å². The number of thiophene rings is 1. The number of aromatic nitrogens is 2. The first-order valence-electron chi connectivity index (χ1n) is 5.67. The first kappa shape index (κ1) is 12.3. The molecule has 0 saturated heterocycles. The summed E-state index contributed by atoms with van der Waals surface area (Å²) in [6.07, 6.45) is 2.60. The van der Waals surface area contributed by atoms with E-state index in [1.807, 2.05) is 0 Å². The molecule has 0 atom stereocenters. The highest BCUT2D eigenvalue weighted by Gasteiger charge is 2.11. The van der Waals surface area contributed by atoms with Crippen molar-refractivity contribution in [3.63, 3.8) is 0 Å². The van der Waals surface area contributed by atoms with Gasteiger partial charge in [0.25, 0.3) is 0 Å². The average Bonchev–Trinajstić information content (AvgIpc) is 2.62. The van der Waals surface area contributed by atoms with Crippen LogP contribution in [0.25, 0.3) is 10.2 Å². The lowest BCUT2D eigenvalue weighted by Gasteiger charge is -2.06. The number of hydrogen-bond acceptors (Lipinski definition) is 5. The molecular weight excluding hydrogens is 234 g/mol. The summed E-state index contributed by atoms with van der Waals surface area (Å²) in [6, 6.07) is 0. The summed E-state index contributed by atoms with van der Waals surface area (Å²) < 4.78 is 5.02. The number of methoxy groups -OCH3 is 1. The van der Waals surface area contributed by atoms with Crippen LogP contribution in [0.5, 0.6) is 0 Å². The van der Waals surface area contributed by atoms with Crippen molar-refractivity contribution in [1.82, 2.24) is 9.97 Å². The van der Waals surface area contributed by atoms with Gasteiger partial charge < -0.3 is 10.1 Å². The van der Waals surface area contributed by atoms with Crippen molar-refractivity contribution in [2.24, 2.45) is 0 Å². The molecule has 5 heteroatoms. The van der Waals surface area contributed by atoms with Crippen molar-refractivity contribution in [3.8, 4) is 0 Å². The molecule has 0 spiro atoms. The van der Waals surface area contributed by atoms with Gasteiger partial charge in [-0.2, -0.15) is 0 Å². The number of anilines is 1. The zero-order valence-electron chi connectivity index (χ0n) is 10.4. The number of rotatable bonds is 5. The van der Waals surface area contributed by atoms with Crippen LogP contribution in [0.3, 0.4) is 0 Å². The molecule has 1 N–H and O–H groups in total. The molecule has 0 aromatic carbocycles. The summed E-state index contributed by atoms with van der Waals surface area (Å²) in [5.74, 6) is 0.938. The summed E-state index contributed by atoms with van der Waals surface area (Å²) in [7, 11) is 1.72. The molecular formula is C12H17N3OS. The van der Waals surface area contributed by atoms with Gasteiger partial charge >= 0.3 is 0 Å². The van der Waals surface area contributed by atoms with Gasteiger partial charge in [0.15, 0.2) is 0 Å². The fourth-order valence-electron chi connectivity index (χ4n) is 1.74. The van der Waals surface area contributed by atoms with Crippen molar-refractivity contribution >= 4 is 27.4 Å². The minimum absolute atomic E-state index is 0.767. The maximum Gasteiger partial charge on any atom is 0.138 e. The van der Waals surface area contributed by atoms with E-state index in [4.69, 9.17) is 4.74 Å². The van der Waals surface area contributed by atoms with Gasteiger partial charge in [0.1, 0.15) is 17.0 Å². The Labute approximate surface area is 105 Å². The number of ether oxygens (including phenoxy) is 1. The first-order chi connectivity index (χ1) is 8.24. The van der Waals surface area contributed by atoms with Crippen LogP contribution in [-0.4, -0.2) is 30.2 Å². The Balaban J connectivity index is 2.21. The molecule has 0 unspecified atom stereocenters. The quantitative estimate of drug-likeness (QED) is 0.830. The lowest BCUT2D eigenvalue weighted by atomic mass is 10.2. The molecule has 0 radical (unpaired) electrons. The van der Waals surface area contributed by atoms with E-state index in [0.717, 1.165) is 35.6 Å². The van der Waals surface area contributed by atoms with Gasteiger partial charge in [0, 0.05) is 25.1 Å². The van der Waals surface area contributed by atoms with Gasteiger partial charge in [-0.1, -0.05) is 0 Å². The second-order valence-corrected chi connectivity index (χ2v) is 5.16. The van der Waals surface area contributed by atoms with Crippen LogP contribution in [0.1, 0.15) is 16.9 Å². The molecule has 0 aliphatic heterocycles. The number of fused-ring (bicyclic) bond motifs is 1. The third kappa shape index (κ3) is 2.56. The molecule has 0 fully saturated rings. The van der Waals surface area contributed by atoms with E-state index in [9.17, 15) is 0 Å². The maximum atomic E-state index is 5.02. The van der Waals surface area contributed by atoms with Gasteiger partial charge in [-0.3, -0.25) is 0 Å². The zero-order chi connectivity index (χ0) is 12.3. The number of aryl methyl sites for hydroxylation is 2. The average molecular weight is 251 g/mol. The van der Waals surface area contributed by atoms with Gasteiger partial charge in [-0.05, 0) is 25.8 Å². The summed E-state index contributed by atoms with van der Waals surface area (Å²) in [5, 5.41) is 4.51. The standard InChI is InChI=1S/C12H17N3OS/c1-8-9(2)17-12-10(8)11(14-7-15-12)13-5-4-6-16-3/h7H,4-6H2,1-3H3,(H,13,14,15). The molecule has 92 valence electrons. The molecule has 0 aliphatic carbocycles. The van der Waals surface area contributed by atoms with Crippen molar-refractivity contribution in [3.05, 3.63) is 16.8 Å². The van der Waals surface area contributed by atoms with E-state index >= 15 is 0 Å². The first-order valence-corrected chi connectivity index (χ1v) is 6.49. The summed E-state index contributed by atoms with van der Waals surface area (Å²) in [5.41, 5.74) is 1.28. The molecule has 0 aliphatic rings. The fourth-order valence-corrected chi connectivity index (χ4v) is 2.74. The van der Waals surface area contributed by atoms with Crippen LogP contribution in [0, 0.1) is 13.8 Å². The van der Waals surface area contributed by atoms with E-state index in [-0.39, 0.29) is 0 Å². The lowest BCUT2D eigenvalue weighted by Crippen LogP contribution is -2.06. The minimum Gasteiger partial charge on any atom is -0.385 e. The predicted molar refractivity (Wildman–Crippen MR) is 71.9 cm³/mol.